The molecule has 0 aromatic carbocycles. The standard InChI is InChI=1S/C23H45N9O6/c1-12(2)17(22(37)38)32-21(36)15(8-5-6-10-24)31-19(34)14(4)29-20(35)16(30-18(33)13(3)25)9-7-11-28-23(26)27/h12-17H,5-11,24-25H2,1-4H3,(H,29,35)(H,30,33)(H,31,34)(H,32,36)(H,37,38)(H4,26,27,28). The minimum atomic E-state index is -1.19. The van der Waals surface area contributed by atoms with Crippen LogP contribution in [0, 0.1) is 5.92 Å². The number of carbonyl (C=O) groups excluding carboxylic acids is 4. The Labute approximate surface area is 223 Å². The summed E-state index contributed by atoms with van der Waals surface area (Å²) in [5.41, 5.74) is 21.7. The number of unbranched alkanes of at least 4 members (excludes halogenated alkanes) is 1. The van der Waals surface area contributed by atoms with E-state index in [0.29, 0.717) is 25.8 Å². The molecule has 0 heterocycles. The number of carbonyl (C=O) groups is 5. The van der Waals surface area contributed by atoms with Crippen LogP contribution in [0.1, 0.15) is 59.8 Å². The van der Waals surface area contributed by atoms with Crippen molar-refractivity contribution in [2.75, 3.05) is 13.1 Å². The molecule has 0 aliphatic rings. The van der Waals surface area contributed by atoms with Crippen LogP contribution in [0.5, 0.6) is 0 Å². The van der Waals surface area contributed by atoms with Gasteiger partial charge in [0.2, 0.25) is 23.6 Å². The van der Waals surface area contributed by atoms with Gasteiger partial charge in [-0.05, 0) is 58.4 Å². The zero-order chi connectivity index (χ0) is 29.4. The number of hydrogen-bond acceptors (Lipinski definition) is 8. The largest absolute Gasteiger partial charge is 0.480 e. The molecule has 0 aromatic rings. The first-order valence-electron chi connectivity index (χ1n) is 12.7. The number of nitrogens with zero attached hydrogens (tertiary/aromatic N) is 1. The maximum absolute atomic E-state index is 12.9. The van der Waals surface area contributed by atoms with Crippen LogP contribution in [0.4, 0.5) is 0 Å². The minimum Gasteiger partial charge on any atom is -0.480 e. The molecule has 5 unspecified atom stereocenters. The summed E-state index contributed by atoms with van der Waals surface area (Å²) < 4.78 is 0. The number of amides is 4. The third kappa shape index (κ3) is 13.7. The van der Waals surface area contributed by atoms with Crippen molar-refractivity contribution in [3.8, 4) is 0 Å². The Morgan fingerprint density at radius 2 is 1.29 bits per heavy atom. The van der Waals surface area contributed by atoms with Gasteiger partial charge in [-0.15, -0.1) is 0 Å². The Morgan fingerprint density at radius 3 is 1.76 bits per heavy atom. The van der Waals surface area contributed by atoms with Crippen molar-refractivity contribution in [3.63, 3.8) is 0 Å². The number of guanidine groups is 1. The summed E-state index contributed by atoms with van der Waals surface area (Å²) in [5, 5.41) is 19.5. The van der Waals surface area contributed by atoms with Gasteiger partial charge in [-0.25, -0.2) is 4.79 Å². The number of carboxylic acid groups (broad SMARTS) is 1. The summed E-state index contributed by atoms with van der Waals surface area (Å²) in [4.78, 5) is 66.0. The lowest BCUT2D eigenvalue weighted by Gasteiger charge is -2.25. The van der Waals surface area contributed by atoms with Crippen LogP contribution in [0.15, 0.2) is 4.99 Å². The van der Waals surface area contributed by atoms with E-state index >= 15 is 0 Å². The van der Waals surface area contributed by atoms with Crippen LogP contribution in [-0.4, -0.2) is 84.0 Å². The van der Waals surface area contributed by atoms with E-state index < -0.39 is 59.8 Å². The number of carboxylic acids is 1. The third-order valence-corrected chi connectivity index (χ3v) is 5.55. The van der Waals surface area contributed by atoms with Crippen molar-refractivity contribution in [1.82, 2.24) is 21.3 Å². The van der Waals surface area contributed by atoms with Crippen LogP contribution in [-0.2, 0) is 24.0 Å². The van der Waals surface area contributed by atoms with Gasteiger partial charge in [0.15, 0.2) is 5.96 Å². The van der Waals surface area contributed by atoms with E-state index in [9.17, 15) is 29.1 Å². The van der Waals surface area contributed by atoms with E-state index in [2.05, 4.69) is 26.3 Å². The van der Waals surface area contributed by atoms with Gasteiger partial charge in [0.05, 0.1) is 6.04 Å². The molecule has 0 saturated heterocycles. The van der Waals surface area contributed by atoms with E-state index in [-0.39, 0.29) is 31.3 Å². The molecule has 0 rings (SSSR count). The summed E-state index contributed by atoms with van der Waals surface area (Å²) in [6.07, 6.45) is 1.86. The van der Waals surface area contributed by atoms with E-state index in [0.717, 1.165) is 0 Å². The van der Waals surface area contributed by atoms with Crippen molar-refractivity contribution in [2.24, 2.45) is 33.8 Å². The predicted molar refractivity (Wildman–Crippen MR) is 142 cm³/mol. The highest BCUT2D eigenvalue weighted by atomic mass is 16.4. The summed E-state index contributed by atoms with van der Waals surface area (Å²) in [6, 6.07) is -5.13. The monoisotopic (exact) mass is 543 g/mol. The van der Waals surface area contributed by atoms with Gasteiger partial charge in [0.1, 0.15) is 24.2 Å². The number of hydrogen-bond donors (Lipinski definition) is 9. The molecular weight excluding hydrogens is 498 g/mol. The van der Waals surface area contributed by atoms with Crippen LogP contribution in [0.3, 0.4) is 0 Å². The van der Waals surface area contributed by atoms with Gasteiger partial charge in [-0.3, -0.25) is 24.2 Å². The Kier molecular flexibility index (Phi) is 16.3. The van der Waals surface area contributed by atoms with Crippen LogP contribution < -0.4 is 44.2 Å². The SMILES string of the molecule is CC(N)C(=O)NC(CCCN=C(N)N)C(=O)NC(C)C(=O)NC(CCCCN)C(=O)NC(C(=O)O)C(C)C. The Hall–Kier alpha value is -3.46. The van der Waals surface area contributed by atoms with Crippen molar-refractivity contribution < 1.29 is 29.1 Å². The molecule has 0 radical (unpaired) electrons. The minimum absolute atomic E-state index is 0.107. The number of nitrogens with two attached hydrogens (primary N) is 4. The highest BCUT2D eigenvalue weighted by Gasteiger charge is 2.30. The van der Waals surface area contributed by atoms with Crippen molar-refractivity contribution in [2.45, 2.75) is 90.0 Å². The molecule has 15 heteroatoms. The summed E-state index contributed by atoms with van der Waals surface area (Å²) in [6.45, 7) is 6.79. The second-order valence-electron chi connectivity index (χ2n) is 9.44. The van der Waals surface area contributed by atoms with Crippen molar-refractivity contribution in [3.05, 3.63) is 0 Å². The number of rotatable bonds is 18. The van der Waals surface area contributed by atoms with Crippen LogP contribution >= 0.6 is 0 Å². The van der Waals surface area contributed by atoms with Crippen LogP contribution in [0.2, 0.25) is 0 Å². The van der Waals surface area contributed by atoms with Gasteiger partial charge in [0.25, 0.3) is 0 Å². The van der Waals surface area contributed by atoms with E-state index in [1.807, 2.05) is 0 Å². The lowest BCUT2D eigenvalue weighted by molar-refractivity contribution is -0.143. The fraction of sp³-hybridized carbons (Fsp3) is 0.739. The first-order valence-corrected chi connectivity index (χ1v) is 12.7. The molecule has 0 aliphatic carbocycles. The summed E-state index contributed by atoms with van der Waals surface area (Å²) in [7, 11) is 0. The normalized spacial score (nSPS) is 14.8. The van der Waals surface area contributed by atoms with Gasteiger partial charge in [-0.2, -0.15) is 0 Å². The molecule has 0 aliphatic heterocycles. The second-order valence-corrected chi connectivity index (χ2v) is 9.44. The number of aliphatic carboxylic acids is 1. The summed E-state index contributed by atoms with van der Waals surface area (Å²) in [5.74, 6) is -4.20. The maximum Gasteiger partial charge on any atom is 0.326 e. The lowest BCUT2D eigenvalue weighted by Crippen LogP contribution is -2.58. The Morgan fingerprint density at radius 1 is 0.763 bits per heavy atom. The quantitative estimate of drug-likeness (QED) is 0.0487. The number of aliphatic imine (C=N–C) groups is 1. The molecule has 15 nitrogen and oxygen atoms in total. The molecular formula is C23H45N9O6. The van der Waals surface area contributed by atoms with Crippen molar-refractivity contribution in [1.29, 1.82) is 0 Å². The molecule has 5 atom stereocenters. The van der Waals surface area contributed by atoms with Gasteiger partial charge < -0.3 is 49.3 Å². The first-order chi connectivity index (χ1) is 17.7. The third-order valence-electron chi connectivity index (χ3n) is 5.55. The van der Waals surface area contributed by atoms with E-state index in [1.165, 1.54) is 13.8 Å². The highest BCUT2D eigenvalue weighted by molar-refractivity contribution is 5.95. The molecule has 0 fully saturated rings. The highest BCUT2D eigenvalue weighted by Crippen LogP contribution is 2.07. The molecule has 0 bridgehead atoms. The summed E-state index contributed by atoms with van der Waals surface area (Å²) >= 11 is 0. The van der Waals surface area contributed by atoms with Gasteiger partial charge in [0, 0.05) is 6.54 Å². The average molecular weight is 544 g/mol. The van der Waals surface area contributed by atoms with Gasteiger partial charge in [-0.1, -0.05) is 13.8 Å². The molecule has 13 N–H and O–H groups in total. The maximum atomic E-state index is 12.9. The average Bonchev–Trinajstić information content (AvgIpc) is 2.82. The van der Waals surface area contributed by atoms with E-state index in [4.69, 9.17) is 22.9 Å². The van der Waals surface area contributed by atoms with Crippen LogP contribution in [0.25, 0.3) is 0 Å². The molecule has 38 heavy (non-hydrogen) atoms. The predicted octanol–water partition coefficient (Wildman–Crippen LogP) is -2.78. The molecule has 0 spiro atoms. The molecule has 0 saturated carbocycles. The topological polar surface area (TPSA) is 270 Å². The first kappa shape index (κ1) is 34.5. The molecule has 218 valence electrons. The molecule has 0 aromatic heterocycles. The second kappa shape index (κ2) is 17.9. The van der Waals surface area contributed by atoms with Crippen molar-refractivity contribution >= 4 is 35.6 Å². The zero-order valence-corrected chi connectivity index (χ0v) is 22.7. The zero-order valence-electron chi connectivity index (χ0n) is 22.7. The fourth-order valence-electron chi connectivity index (χ4n) is 3.28. The smallest absolute Gasteiger partial charge is 0.326 e. The Balaban J connectivity index is 5.41. The lowest BCUT2D eigenvalue weighted by atomic mass is 10.0. The van der Waals surface area contributed by atoms with E-state index in [1.54, 1.807) is 13.8 Å². The molecule has 4 amide bonds. The fourth-order valence-corrected chi connectivity index (χ4v) is 3.28. The Bertz CT molecular complexity index is 830. The van der Waals surface area contributed by atoms with Gasteiger partial charge >= 0.3 is 5.97 Å². The number of nitrogens with one attached hydrogen (secondary N) is 4.